The number of nitrogens with one attached hydrogen (secondary N) is 1. The lowest BCUT2D eigenvalue weighted by Crippen LogP contribution is -2.40. The molecular formula is C18H22F2N4O. The van der Waals surface area contributed by atoms with Crippen molar-refractivity contribution in [2.45, 2.75) is 24.8 Å². The Hall–Kier alpha value is -2.28. The minimum absolute atomic E-state index is 0.00837. The number of aromatic nitrogens is 2. The number of hydrogen-bond donors (Lipinski definition) is 1. The first kappa shape index (κ1) is 17.5. The Bertz CT molecular complexity index is 761. The van der Waals surface area contributed by atoms with Crippen LogP contribution in [0.25, 0.3) is 0 Å². The lowest BCUT2D eigenvalue weighted by Gasteiger charge is -2.20. The highest BCUT2D eigenvalue weighted by Crippen LogP contribution is 2.26. The van der Waals surface area contributed by atoms with Gasteiger partial charge in [0.05, 0.1) is 12.4 Å². The average Bonchev–Trinajstić information content (AvgIpc) is 3.11. The molecule has 1 fully saturated rings. The van der Waals surface area contributed by atoms with Crippen LogP contribution in [0.3, 0.4) is 0 Å². The molecule has 0 saturated carbocycles. The highest BCUT2D eigenvalue weighted by Gasteiger charge is 2.34. The Kier molecular flexibility index (Phi) is 5.13. The Morgan fingerprint density at radius 1 is 1.32 bits per heavy atom. The van der Waals surface area contributed by atoms with Crippen LogP contribution in [0, 0.1) is 11.6 Å². The maximum absolute atomic E-state index is 13.7. The van der Waals surface area contributed by atoms with E-state index in [0.29, 0.717) is 5.56 Å². The van der Waals surface area contributed by atoms with Crippen LogP contribution < -0.4 is 5.32 Å². The Morgan fingerprint density at radius 2 is 2.12 bits per heavy atom. The topological polar surface area (TPSA) is 50.2 Å². The van der Waals surface area contributed by atoms with Crippen LogP contribution >= 0.6 is 0 Å². The molecule has 134 valence electrons. The molecule has 0 radical (unpaired) electrons. The summed E-state index contributed by atoms with van der Waals surface area (Å²) in [5.41, 5.74) is 1.43. The summed E-state index contributed by atoms with van der Waals surface area (Å²) >= 11 is 0. The zero-order chi connectivity index (χ0) is 18.0. The van der Waals surface area contributed by atoms with E-state index in [4.69, 9.17) is 0 Å². The molecular weight excluding hydrogens is 326 g/mol. The monoisotopic (exact) mass is 348 g/mol. The minimum atomic E-state index is -0.612. The first-order valence-electron chi connectivity index (χ1n) is 8.32. The molecule has 0 spiro atoms. The van der Waals surface area contributed by atoms with Gasteiger partial charge in [-0.25, -0.2) is 13.8 Å². The molecule has 7 heteroatoms. The van der Waals surface area contributed by atoms with E-state index >= 15 is 0 Å². The van der Waals surface area contributed by atoms with Crippen molar-refractivity contribution in [2.75, 3.05) is 20.1 Å². The third-order valence-electron chi connectivity index (χ3n) is 4.72. The standard InChI is InChI=1S/C18H22F2N4O/c1-23-9-14(17-8-21-11-24(17)2)16(10-23)22-18(25)6-4-12-3-5-13(19)7-15(12)20/h3,5,7-8,11,14,16H,4,6,9-10H2,1-2H3,(H,22,25)/t14-,16-/m1/s1. The Balaban J connectivity index is 1.60. The van der Waals surface area contributed by atoms with Crippen molar-refractivity contribution in [3.05, 3.63) is 53.6 Å². The van der Waals surface area contributed by atoms with Crippen LogP contribution in [-0.2, 0) is 18.3 Å². The lowest BCUT2D eigenvalue weighted by atomic mass is 9.99. The SMILES string of the molecule is CN1C[C@@H](NC(=O)CCc2ccc(F)cc2F)[C@H](c2cncn2C)C1. The summed E-state index contributed by atoms with van der Waals surface area (Å²) in [6.45, 7) is 1.60. The highest BCUT2D eigenvalue weighted by atomic mass is 19.1. The van der Waals surface area contributed by atoms with Gasteiger partial charge in [-0.15, -0.1) is 0 Å². The summed E-state index contributed by atoms with van der Waals surface area (Å²) in [5, 5.41) is 3.06. The number of likely N-dealkylation sites (N-methyl/N-ethyl adjacent to an activating group) is 1. The Morgan fingerprint density at radius 3 is 2.80 bits per heavy atom. The minimum Gasteiger partial charge on any atom is -0.351 e. The number of carbonyl (C=O) groups excluding carboxylic acids is 1. The Labute approximate surface area is 145 Å². The van der Waals surface area contributed by atoms with Gasteiger partial charge >= 0.3 is 0 Å². The molecule has 3 rings (SSSR count). The second-order valence-electron chi connectivity index (χ2n) is 6.67. The van der Waals surface area contributed by atoms with Gasteiger partial charge in [-0.3, -0.25) is 4.79 Å². The fourth-order valence-corrected chi connectivity index (χ4v) is 3.42. The second kappa shape index (κ2) is 7.31. The molecule has 1 aromatic carbocycles. The number of rotatable bonds is 5. The van der Waals surface area contributed by atoms with Crippen molar-refractivity contribution < 1.29 is 13.6 Å². The van der Waals surface area contributed by atoms with Crippen molar-refractivity contribution in [3.63, 3.8) is 0 Å². The van der Waals surface area contributed by atoms with E-state index in [2.05, 4.69) is 15.2 Å². The van der Waals surface area contributed by atoms with Crippen LogP contribution in [0.15, 0.2) is 30.7 Å². The number of likely N-dealkylation sites (tertiary alicyclic amines) is 1. The van der Waals surface area contributed by atoms with E-state index in [1.165, 1.54) is 12.1 Å². The molecule has 1 aliphatic rings. The molecule has 1 saturated heterocycles. The van der Waals surface area contributed by atoms with Crippen molar-refractivity contribution in [1.29, 1.82) is 0 Å². The summed E-state index contributed by atoms with van der Waals surface area (Å²) in [6, 6.07) is 3.43. The first-order valence-corrected chi connectivity index (χ1v) is 8.32. The predicted molar refractivity (Wildman–Crippen MR) is 90.1 cm³/mol. The number of aryl methyl sites for hydroxylation is 2. The molecule has 0 unspecified atom stereocenters. The third-order valence-corrected chi connectivity index (χ3v) is 4.72. The number of imidazole rings is 1. The maximum atomic E-state index is 13.7. The van der Waals surface area contributed by atoms with Gasteiger partial charge in [0.15, 0.2) is 0 Å². The fourth-order valence-electron chi connectivity index (χ4n) is 3.42. The van der Waals surface area contributed by atoms with Crippen molar-refractivity contribution in [2.24, 2.45) is 7.05 Å². The van der Waals surface area contributed by atoms with Gasteiger partial charge in [-0.1, -0.05) is 6.07 Å². The zero-order valence-electron chi connectivity index (χ0n) is 14.4. The van der Waals surface area contributed by atoms with Crippen LogP contribution in [0.4, 0.5) is 8.78 Å². The van der Waals surface area contributed by atoms with Gasteiger partial charge in [0, 0.05) is 50.4 Å². The smallest absolute Gasteiger partial charge is 0.220 e. The van der Waals surface area contributed by atoms with Gasteiger partial charge in [0.25, 0.3) is 0 Å². The highest BCUT2D eigenvalue weighted by molar-refractivity contribution is 5.76. The number of benzene rings is 1. The number of carbonyl (C=O) groups is 1. The van der Waals surface area contributed by atoms with E-state index in [1.807, 2.05) is 24.9 Å². The summed E-state index contributed by atoms with van der Waals surface area (Å²) in [7, 11) is 3.96. The molecule has 0 bridgehead atoms. The number of amides is 1. The maximum Gasteiger partial charge on any atom is 0.220 e. The molecule has 1 N–H and O–H groups in total. The molecule has 1 amide bonds. The normalized spacial score (nSPS) is 20.8. The van der Waals surface area contributed by atoms with Crippen LogP contribution in [0.2, 0.25) is 0 Å². The van der Waals surface area contributed by atoms with Crippen LogP contribution in [0.5, 0.6) is 0 Å². The molecule has 1 aromatic heterocycles. The van der Waals surface area contributed by atoms with Gasteiger partial charge < -0.3 is 14.8 Å². The van der Waals surface area contributed by atoms with Gasteiger partial charge in [-0.05, 0) is 25.1 Å². The number of nitrogens with zero attached hydrogens (tertiary/aromatic N) is 3. The van der Waals surface area contributed by atoms with Gasteiger partial charge in [-0.2, -0.15) is 0 Å². The molecule has 1 aliphatic heterocycles. The summed E-state index contributed by atoms with van der Waals surface area (Å²) < 4.78 is 28.6. The lowest BCUT2D eigenvalue weighted by molar-refractivity contribution is -0.121. The van der Waals surface area contributed by atoms with E-state index in [0.717, 1.165) is 24.8 Å². The average molecular weight is 348 g/mol. The van der Waals surface area contributed by atoms with Gasteiger partial charge in [0.1, 0.15) is 11.6 Å². The molecule has 2 atom stereocenters. The first-order chi connectivity index (χ1) is 11.9. The van der Waals surface area contributed by atoms with Gasteiger partial charge in [0.2, 0.25) is 5.91 Å². The summed E-state index contributed by atoms with van der Waals surface area (Å²) in [4.78, 5) is 18.6. The molecule has 2 heterocycles. The van der Waals surface area contributed by atoms with E-state index in [9.17, 15) is 13.6 Å². The second-order valence-corrected chi connectivity index (χ2v) is 6.67. The van der Waals surface area contributed by atoms with Crippen LogP contribution in [0.1, 0.15) is 23.6 Å². The number of hydrogen-bond acceptors (Lipinski definition) is 3. The fraction of sp³-hybridized carbons (Fsp3) is 0.444. The summed E-state index contributed by atoms with van der Waals surface area (Å²) in [5.74, 6) is -1.18. The van der Waals surface area contributed by atoms with Crippen molar-refractivity contribution in [1.82, 2.24) is 19.8 Å². The molecule has 5 nitrogen and oxygen atoms in total. The molecule has 25 heavy (non-hydrogen) atoms. The van der Waals surface area contributed by atoms with E-state index in [1.54, 1.807) is 6.33 Å². The van der Waals surface area contributed by atoms with Crippen LogP contribution in [-0.4, -0.2) is 46.5 Å². The van der Waals surface area contributed by atoms with E-state index in [-0.39, 0.29) is 30.7 Å². The molecule has 0 aliphatic carbocycles. The predicted octanol–water partition coefficient (Wildman–Crippen LogP) is 1.84. The zero-order valence-corrected chi connectivity index (χ0v) is 14.4. The largest absolute Gasteiger partial charge is 0.351 e. The van der Waals surface area contributed by atoms with E-state index < -0.39 is 11.6 Å². The van der Waals surface area contributed by atoms with Crippen molar-refractivity contribution in [3.8, 4) is 0 Å². The third kappa shape index (κ3) is 4.04. The van der Waals surface area contributed by atoms with Crippen molar-refractivity contribution >= 4 is 5.91 Å². The quantitative estimate of drug-likeness (QED) is 0.897. The summed E-state index contributed by atoms with van der Waals surface area (Å²) in [6.07, 6.45) is 4.00. The number of halogens is 2. The molecule has 2 aromatic rings.